The van der Waals surface area contributed by atoms with Crippen LogP contribution < -0.4 is 5.32 Å². The molecule has 0 amide bonds. The maximum Gasteiger partial charge on any atom is 0.182 e. The molecule has 2 rings (SSSR count). The van der Waals surface area contributed by atoms with Crippen molar-refractivity contribution in [3.05, 3.63) is 11.1 Å². The molecule has 4 nitrogen and oxygen atoms in total. The molecule has 1 fully saturated rings. The van der Waals surface area contributed by atoms with Crippen molar-refractivity contribution < 1.29 is 4.21 Å². The Hall–Kier alpha value is -0.460. The second kappa shape index (κ2) is 5.75. The first-order chi connectivity index (χ1) is 7.78. The van der Waals surface area contributed by atoms with Crippen LogP contribution in [0.5, 0.6) is 0 Å². The van der Waals surface area contributed by atoms with Gasteiger partial charge in [-0.15, -0.1) is 11.3 Å². The number of hydrogen-bond donors (Lipinski definition) is 1. The molecule has 6 heteroatoms. The minimum absolute atomic E-state index is 0.583. The molecule has 0 aromatic carbocycles. The second-order valence-electron chi connectivity index (χ2n) is 3.79. The number of nitrogens with one attached hydrogen (secondary N) is 1. The molecule has 90 valence electrons. The van der Waals surface area contributed by atoms with Crippen LogP contribution in [0.1, 0.15) is 11.8 Å². The molecule has 1 saturated heterocycles. The van der Waals surface area contributed by atoms with E-state index in [9.17, 15) is 4.21 Å². The highest BCUT2D eigenvalue weighted by atomic mass is 32.2. The van der Waals surface area contributed by atoms with Gasteiger partial charge in [-0.05, 0) is 6.92 Å². The highest BCUT2D eigenvalue weighted by Gasteiger charge is 2.15. The van der Waals surface area contributed by atoms with Gasteiger partial charge in [-0.3, -0.25) is 9.11 Å². The van der Waals surface area contributed by atoms with Gasteiger partial charge in [-0.1, -0.05) is 0 Å². The molecular formula is C10H17N3OS2. The van der Waals surface area contributed by atoms with Gasteiger partial charge in [-0.25, -0.2) is 4.98 Å². The lowest BCUT2D eigenvalue weighted by Gasteiger charge is -2.25. The van der Waals surface area contributed by atoms with Crippen molar-refractivity contribution in [3.8, 4) is 0 Å². The molecule has 1 N–H and O–H groups in total. The van der Waals surface area contributed by atoms with Gasteiger partial charge in [0.25, 0.3) is 0 Å². The van der Waals surface area contributed by atoms with Crippen molar-refractivity contribution >= 4 is 27.3 Å². The molecule has 0 aliphatic carbocycles. The van der Waals surface area contributed by atoms with Crippen molar-refractivity contribution in [2.24, 2.45) is 0 Å². The zero-order chi connectivity index (χ0) is 11.4. The number of aromatic nitrogens is 1. The first kappa shape index (κ1) is 12.0. The van der Waals surface area contributed by atoms with Crippen LogP contribution in [0, 0.1) is 0 Å². The molecular weight excluding hydrogens is 242 g/mol. The van der Waals surface area contributed by atoms with Gasteiger partial charge in [0.05, 0.1) is 0 Å². The normalized spacial score (nSPS) is 18.8. The summed E-state index contributed by atoms with van der Waals surface area (Å²) in [6.45, 7) is 5.82. The van der Waals surface area contributed by atoms with Crippen molar-refractivity contribution in [3.63, 3.8) is 0 Å². The lowest BCUT2D eigenvalue weighted by atomic mass is 10.4. The van der Waals surface area contributed by atoms with E-state index >= 15 is 0 Å². The maximum atomic E-state index is 11.2. The summed E-state index contributed by atoms with van der Waals surface area (Å²) in [5, 5.41) is 4.21. The van der Waals surface area contributed by atoms with Gasteiger partial charge < -0.3 is 5.32 Å². The summed E-state index contributed by atoms with van der Waals surface area (Å²) < 4.78 is 11.2. The number of rotatable bonds is 4. The van der Waals surface area contributed by atoms with E-state index in [1.807, 2.05) is 6.20 Å². The summed E-state index contributed by atoms with van der Waals surface area (Å²) in [5.41, 5.74) is 0. The van der Waals surface area contributed by atoms with E-state index in [-0.39, 0.29) is 0 Å². The van der Waals surface area contributed by atoms with Crippen LogP contribution >= 0.6 is 11.3 Å². The molecule has 0 unspecified atom stereocenters. The summed E-state index contributed by atoms with van der Waals surface area (Å²) in [6, 6.07) is 0. The number of anilines is 1. The fraction of sp³-hybridized carbons (Fsp3) is 0.700. The zero-order valence-electron chi connectivity index (χ0n) is 9.44. The van der Waals surface area contributed by atoms with Gasteiger partial charge in [0.2, 0.25) is 0 Å². The van der Waals surface area contributed by atoms with Crippen LogP contribution in [0.15, 0.2) is 6.20 Å². The average molecular weight is 259 g/mol. The van der Waals surface area contributed by atoms with Gasteiger partial charge in [0, 0.05) is 59.6 Å². The summed E-state index contributed by atoms with van der Waals surface area (Å²) in [6.07, 6.45) is 1.94. The minimum atomic E-state index is -0.583. The van der Waals surface area contributed by atoms with Crippen molar-refractivity contribution in [1.82, 2.24) is 9.88 Å². The SMILES string of the molecule is CCNc1ncc(CN2CCS(=O)CC2)s1. The van der Waals surface area contributed by atoms with Crippen LogP contribution in [0.4, 0.5) is 5.13 Å². The van der Waals surface area contributed by atoms with Crippen LogP contribution in [-0.2, 0) is 17.3 Å². The fourth-order valence-corrected chi connectivity index (χ4v) is 3.72. The summed E-state index contributed by atoms with van der Waals surface area (Å²) in [5.74, 6) is 1.64. The highest BCUT2D eigenvalue weighted by molar-refractivity contribution is 7.85. The molecule has 0 atom stereocenters. The van der Waals surface area contributed by atoms with Crippen LogP contribution in [0.25, 0.3) is 0 Å². The third-order valence-corrected chi connectivity index (χ3v) is 4.75. The van der Waals surface area contributed by atoms with Crippen LogP contribution in [0.2, 0.25) is 0 Å². The van der Waals surface area contributed by atoms with Crippen LogP contribution in [-0.4, -0.2) is 45.2 Å². The Balaban J connectivity index is 1.86. The van der Waals surface area contributed by atoms with Gasteiger partial charge in [0.1, 0.15) is 0 Å². The Bertz CT molecular complexity index is 357. The first-order valence-electron chi connectivity index (χ1n) is 5.54. The molecule has 2 heterocycles. The van der Waals surface area contributed by atoms with E-state index < -0.39 is 10.8 Å². The van der Waals surface area contributed by atoms with Crippen LogP contribution in [0.3, 0.4) is 0 Å². The van der Waals surface area contributed by atoms with Crippen molar-refractivity contribution in [1.29, 1.82) is 0 Å². The third kappa shape index (κ3) is 3.26. The number of hydrogen-bond acceptors (Lipinski definition) is 5. The molecule has 0 radical (unpaired) electrons. The van der Waals surface area contributed by atoms with E-state index in [1.165, 1.54) is 4.88 Å². The smallest absolute Gasteiger partial charge is 0.182 e. The molecule has 1 aliphatic heterocycles. The Morgan fingerprint density at radius 1 is 1.56 bits per heavy atom. The Labute approximate surface area is 103 Å². The molecule has 0 saturated carbocycles. The maximum absolute atomic E-state index is 11.2. The summed E-state index contributed by atoms with van der Waals surface area (Å²) >= 11 is 1.71. The second-order valence-corrected chi connectivity index (χ2v) is 6.60. The van der Waals surface area contributed by atoms with Gasteiger partial charge in [-0.2, -0.15) is 0 Å². The van der Waals surface area contributed by atoms with E-state index in [1.54, 1.807) is 11.3 Å². The van der Waals surface area contributed by atoms with E-state index in [4.69, 9.17) is 0 Å². The van der Waals surface area contributed by atoms with E-state index in [0.29, 0.717) is 0 Å². The molecule has 0 bridgehead atoms. The molecule has 1 aromatic rings. The lowest BCUT2D eigenvalue weighted by Crippen LogP contribution is -2.36. The monoisotopic (exact) mass is 259 g/mol. The quantitative estimate of drug-likeness (QED) is 0.881. The van der Waals surface area contributed by atoms with Gasteiger partial charge >= 0.3 is 0 Å². The fourth-order valence-electron chi connectivity index (χ4n) is 1.67. The molecule has 1 aromatic heterocycles. The Morgan fingerprint density at radius 2 is 2.31 bits per heavy atom. The summed E-state index contributed by atoms with van der Waals surface area (Å²) in [7, 11) is -0.583. The zero-order valence-corrected chi connectivity index (χ0v) is 11.1. The van der Waals surface area contributed by atoms with E-state index in [2.05, 4.69) is 22.1 Å². The first-order valence-corrected chi connectivity index (χ1v) is 7.84. The third-order valence-electron chi connectivity index (χ3n) is 2.53. The molecule has 0 spiro atoms. The predicted molar refractivity (Wildman–Crippen MR) is 69.4 cm³/mol. The number of thiazole rings is 1. The standard InChI is InChI=1S/C10H17N3OS2/c1-2-11-10-12-7-9(15-10)8-13-3-5-16(14)6-4-13/h7H,2-6,8H2,1H3,(H,11,12). The lowest BCUT2D eigenvalue weighted by molar-refractivity contribution is 0.294. The Morgan fingerprint density at radius 3 is 3.00 bits per heavy atom. The predicted octanol–water partition coefficient (Wildman–Crippen LogP) is 1.14. The van der Waals surface area contributed by atoms with Crippen molar-refractivity contribution in [2.45, 2.75) is 13.5 Å². The topological polar surface area (TPSA) is 45.2 Å². The molecule has 1 aliphatic rings. The highest BCUT2D eigenvalue weighted by Crippen LogP contribution is 2.19. The Kier molecular flexibility index (Phi) is 4.31. The summed E-state index contributed by atoms with van der Waals surface area (Å²) in [4.78, 5) is 7.94. The van der Waals surface area contributed by atoms with Gasteiger partial charge in [0.15, 0.2) is 5.13 Å². The minimum Gasteiger partial charge on any atom is -0.362 e. The van der Waals surface area contributed by atoms with E-state index in [0.717, 1.165) is 42.8 Å². The largest absolute Gasteiger partial charge is 0.362 e. The number of nitrogens with zero attached hydrogens (tertiary/aromatic N) is 2. The van der Waals surface area contributed by atoms with Crippen molar-refractivity contribution in [2.75, 3.05) is 36.5 Å². The molecule has 16 heavy (non-hydrogen) atoms. The average Bonchev–Trinajstić information content (AvgIpc) is 2.70.